The molecule has 0 aromatic carbocycles. The number of hydrogen-bond donors (Lipinski definition) is 5. The minimum absolute atomic E-state index is 0.00701. The molecule has 1 fully saturated rings. The molecule has 1 aliphatic rings. The maximum absolute atomic E-state index is 11.9. The fourth-order valence-electron chi connectivity index (χ4n) is 1.91. The second-order valence-corrected chi connectivity index (χ2v) is 5.40. The Labute approximate surface area is 127 Å². The van der Waals surface area contributed by atoms with E-state index < -0.39 is 43.2 Å². The molecule has 1 amide bonds. The number of hydrogen-bond acceptors (Lipinski definition) is 7. The monoisotopic (exact) mass is 399 g/mol. The zero-order valence-corrected chi connectivity index (χ0v) is 12.3. The second kappa shape index (κ2) is 6.37. The molecule has 2 rings (SSSR count). The van der Waals surface area contributed by atoms with Crippen LogP contribution in [0.4, 0.5) is 0 Å². The van der Waals surface area contributed by atoms with E-state index in [-0.39, 0.29) is 5.76 Å². The van der Waals surface area contributed by atoms with Crippen LogP contribution in [0.3, 0.4) is 0 Å². The molecule has 112 valence electrons. The molecule has 8 nitrogen and oxygen atoms in total. The zero-order valence-electron chi connectivity index (χ0n) is 10.1. The van der Waals surface area contributed by atoms with Gasteiger partial charge in [0.25, 0.3) is 5.91 Å². The summed E-state index contributed by atoms with van der Waals surface area (Å²) in [7, 11) is 0. The third kappa shape index (κ3) is 3.13. The van der Waals surface area contributed by atoms with Crippen molar-refractivity contribution < 1.29 is 34.4 Å². The summed E-state index contributed by atoms with van der Waals surface area (Å²) in [6, 6.07) is 1.78. The molecule has 5 atom stereocenters. The number of aliphatic hydroxyl groups excluding tert-OH is 4. The van der Waals surface area contributed by atoms with Gasteiger partial charge in [0.1, 0.15) is 24.4 Å². The van der Waals surface area contributed by atoms with Crippen LogP contribution in [0.5, 0.6) is 0 Å². The van der Waals surface area contributed by atoms with Crippen LogP contribution < -0.4 is 5.32 Å². The molecule has 0 saturated carbocycles. The van der Waals surface area contributed by atoms with Crippen LogP contribution in [-0.2, 0) is 4.74 Å². The van der Waals surface area contributed by atoms with E-state index in [2.05, 4.69) is 5.32 Å². The summed E-state index contributed by atoms with van der Waals surface area (Å²) in [5.41, 5.74) is 0. The highest BCUT2D eigenvalue weighted by Gasteiger charge is 2.44. The van der Waals surface area contributed by atoms with Gasteiger partial charge in [-0.15, -0.1) is 0 Å². The molecule has 9 heteroatoms. The summed E-state index contributed by atoms with van der Waals surface area (Å²) >= 11 is 1.89. The lowest BCUT2D eigenvalue weighted by Gasteiger charge is -2.40. The first-order valence-corrected chi connectivity index (χ1v) is 6.88. The van der Waals surface area contributed by atoms with Crippen LogP contribution in [0.1, 0.15) is 10.6 Å². The fourth-order valence-corrected chi connectivity index (χ4v) is 2.33. The summed E-state index contributed by atoms with van der Waals surface area (Å²) < 4.78 is 10.5. The van der Waals surface area contributed by atoms with Crippen LogP contribution in [0.2, 0.25) is 0 Å². The van der Waals surface area contributed by atoms with Crippen molar-refractivity contribution in [1.82, 2.24) is 5.32 Å². The quantitative estimate of drug-likeness (QED) is 0.388. The molecule has 0 spiro atoms. The normalized spacial score (nSPS) is 34.0. The number of aliphatic hydroxyl groups is 4. The van der Waals surface area contributed by atoms with Crippen molar-refractivity contribution in [3.05, 3.63) is 21.7 Å². The Balaban J connectivity index is 2.06. The van der Waals surface area contributed by atoms with E-state index in [9.17, 15) is 20.1 Å². The molecule has 0 bridgehead atoms. The number of furan rings is 1. The van der Waals surface area contributed by atoms with Crippen molar-refractivity contribution in [3.8, 4) is 0 Å². The number of carbonyl (C=O) groups is 1. The van der Waals surface area contributed by atoms with Gasteiger partial charge >= 0.3 is 0 Å². The number of nitrogens with one attached hydrogen (secondary N) is 1. The largest absolute Gasteiger partial charge is 0.445 e. The van der Waals surface area contributed by atoms with E-state index in [0.29, 0.717) is 3.77 Å². The van der Waals surface area contributed by atoms with Crippen molar-refractivity contribution in [2.24, 2.45) is 0 Å². The van der Waals surface area contributed by atoms with Crippen LogP contribution in [0.25, 0.3) is 0 Å². The molecule has 20 heavy (non-hydrogen) atoms. The lowest BCUT2D eigenvalue weighted by molar-refractivity contribution is -0.252. The van der Waals surface area contributed by atoms with Crippen molar-refractivity contribution in [2.45, 2.75) is 30.6 Å². The van der Waals surface area contributed by atoms with E-state index in [1.807, 2.05) is 22.6 Å². The molecule has 1 saturated heterocycles. The van der Waals surface area contributed by atoms with Gasteiger partial charge in [0, 0.05) is 0 Å². The first-order valence-electron chi connectivity index (χ1n) is 5.80. The Bertz CT molecular complexity index is 479. The SMILES string of the molecule is O=C(NC1C(O)OC(CO)C(O)C1O)c1ccc(I)o1. The summed E-state index contributed by atoms with van der Waals surface area (Å²) in [6.07, 6.45) is -5.57. The van der Waals surface area contributed by atoms with Gasteiger partial charge in [0.05, 0.1) is 6.61 Å². The highest BCUT2D eigenvalue weighted by atomic mass is 127. The molecule has 2 heterocycles. The molecule has 0 radical (unpaired) electrons. The van der Waals surface area contributed by atoms with Crippen molar-refractivity contribution >= 4 is 28.5 Å². The van der Waals surface area contributed by atoms with Gasteiger partial charge in [0.15, 0.2) is 15.8 Å². The smallest absolute Gasteiger partial charge is 0.287 e. The Morgan fingerprint density at radius 3 is 2.55 bits per heavy atom. The summed E-state index contributed by atoms with van der Waals surface area (Å²) in [4.78, 5) is 11.9. The molecular weight excluding hydrogens is 385 g/mol. The van der Waals surface area contributed by atoms with Crippen molar-refractivity contribution in [2.75, 3.05) is 6.61 Å². The van der Waals surface area contributed by atoms with Crippen LogP contribution in [0.15, 0.2) is 16.5 Å². The average Bonchev–Trinajstić information content (AvgIpc) is 2.85. The number of rotatable bonds is 3. The van der Waals surface area contributed by atoms with E-state index in [4.69, 9.17) is 14.3 Å². The Morgan fingerprint density at radius 1 is 1.30 bits per heavy atom. The van der Waals surface area contributed by atoms with Gasteiger partial charge in [0.2, 0.25) is 0 Å². The van der Waals surface area contributed by atoms with E-state index in [0.717, 1.165) is 0 Å². The van der Waals surface area contributed by atoms with Gasteiger partial charge in [-0.25, -0.2) is 0 Å². The summed E-state index contributed by atoms with van der Waals surface area (Å²) in [5.74, 6) is -0.651. The standard InChI is InChI=1S/C11H14INO7/c12-6-2-1-4(19-6)10(17)13-7-9(16)8(15)5(3-14)20-11(7)18/h1-2,5,7-9,11,14-16,18H,3H2,(H,13,17). The Kier molecular flexibility index (Phi) is 4.99. The van der Waals surface area contributed by atoms with Crippen molar-refractivity contribution in [1.29, 1.82) is 0 Å². The van der Waals surface area contributed by atoms with E-state index in [1.165, 1.54) is 6.07 Å². The zero-order chi connectivity index (χ0) is 14.9. The van der Waals surface area contributed by atoms with Gasteiger partial charge in [-0.05, 0) is 34.7 Å². The third-order valence-corrected chi connectivity index (χ3v) is 3.57. The van der Waals surface area contributed by atoms with E-state index >= 15 is 0 Å². The van der Waals surface area contributed by atoms with Gasteiger partial charge in [-0.1, -0.05) is 0 Å². The minimum Gasteiger partial charge on any atom is -0.445 e. The third-order valence-electron chi connectivity index (χ3n) is 2.99. The second-order valence-electron chi connectivity index (χ2n) is 4.33. The van der Waals surface area contributed by atoms with E-state index in [1.54, 1.807) is 6.07 Å². The van der Waals surface area contributed by atoms with Gasteiger partial charge in [-0.2, -0.15) is 0 Å². The Morgan fingerprint density at radius 2 is 2.00 bits per heavy atom. The lowest BCUT2D eigenvalue weighted by atomic mass is 9.97. The van der Waals surface area contributed by atoms with Crippen LogP contribution in [-0.4, -0.2) is 63.6 Å². The molecule has 1 aliphatic heterocycles. The Hall–Kier alpha value is -0.720. The van der Waals surface area contributed by atoms with Crippen LogP contribution >= 0.6 is 22.6 Å². The number of ether oxygens (including phenoxy) is 1. The number of amides is 1. The average molecular weight is 399 g/mol. The number of halogens is 1. The predicted octanol–water partition coefficient (Wildman–Crippen LogP) is -1.59. The topological polar surface area (TPSA) is 132 Å². The first-order chi connectivity index (χ1) is 9.43. The molecular formula is C11H14INO7. The maximum Gasteiger partial charge on any atom is 0.287 e. The summed E-state index contributed by atoms with van der Waals surface area (Å²) in [6.45, 7) is -0.563. The number of carbonyl (C=O) groups excluding carboxylic acids is 1. The van der Waals surface area contributed by atoms with Gasteiger partial charge in [-0.3, -0.25) is 4.79 Å². The van der Waals surface area contributed by atoms with Crippen LogP contribution in [0, 0.1) is 3.77 Å². The minimum atomic E-state index is -1.55. The van der Waals surface area contributed by atoms with Gasteiger partial charge < -0.3 is 34.9 Å². The molecule has 0 aliphatic carbocycles. The lowest BCUT2D eigenvalue weighted by Crippen LogP contribution is -2.64. The molecule has 5 N–H and O–H groups in total. The highest BCUT2D eigenvalue weighted by molar-refractivity contribution is 14.1. The molecule has 1 aromatic heterocycles. The maximum atomic E-state index is 11.9. The fraction of sp³-hybridized carbons (Fsp3) is 0.545. The summed E-state index contributed by atoms with van der Waals surface area (Å²) in [5, 5.41) is 40.5. The highest BCUT2D eigenvalue weighted by Crippen LogP contribution is 2.20. The predicted molar refractivity (Wildman–Crippen MR) is 72.7 cm³/mol. The van der Waals surface area contributed by atoms with Crippen molar-refractivity contribution in [3.63, 3.8) is 0 Å². The molecule has 1 aromatic rings. The molecule has 5 unspecified atom stereocenters. The first kappa shape index (κ1) is 15.7.